The molecule has 0 aliphatic heterocycles. The van der Waals surface area contributed by atoms with Crippen LogP contribution < -0.4 is 0 Å². The van der Waals surface area contributed by atoms with Crippen LogP contribution >= 0.6 is 0 Å². The highest BCUT2D eigenvalue weighted by molar-refractivity contribution is 6.00. The van der Waals surface area contributed by atoms with E-state index in [9.17, 15) is 24.3 Å². The number of fused-ring (bicyclic) bond motifs is 7. The van der Waals surface area contributed by atoms with E-state index >= 15 is 0 Å². The zero-order chi connectivity index (χ0) is 41.2. The molecule has 0 spiro atoms. The number of Topliss-reactive ketones (excluding diaryl/α,β-unsaturated/α-hetero) is 1. The third-order valence-corrected chi connectivity index (χ3v) is 16.8. The van der Waals surface area contributed by atoms with Crippen molar-refractivity contribution in [1.82, 2.24) is 14.8 Å². The van der Waals surface area contributed by atoms with Crippen molar-refractivity contribution < 1.29 is 29.0 Å². The van der Waals surface area contributed by atoms with Crippen molar-refractivity contribution in [1.29, 1.82) is 0 Å². The average molecular weight is 774 g/mol. The van der Waals surface area contributed by atoms with Crippen molar-refractivity contribution >= 4 is 23.6 Å². The zero-order valence-electron chi connectivity index (χ0n) is 36.4. The quantitative estimate of drug-likeness (QED) is 0.210. The Labute approximate surface area is 336 Å². The van der Waals surface area contributed by atoms with Crippen molar-refractivity contribution in [3.05, 3.63) is 41.2 Å². The number of ketones is 1. The lowest BCUT2D eigenvalue weighted by Crippen LogP contribution is -2.65. The molecule has 9 heteroatoms. The number of rotatable bonds is 12. The van der Waals surface area contributed by atoms with Gasteiger partial charge in [0.2, 0.25) is 0 Å². The first-order chi connectivity index (χ1) is 26.0. The first-order valence-corrected chi connectivity index (χ1v) is 21.6. The summed E-state index contributed by atoms with van der Waals surface area (Å²) in [5.74, 6) is 0.224. The molecule has 5 aliphatic rings. The number of carboxylic acid groups (broad SMARTS) is 1. The lowest BCUT2D eigenvalue weighted by molar-refractivity contribution is -0.233. The Kier molecular flexibility index (Phi) is 11.4. The second kappa shape index (κ2) is 14.9. The van der Waals surface area contributed by atoms with E-state index in [1.807, 2.05) is 31.1 Å². The number of allylic oxidation sites excluding steroid dienone is 2. The van der Waals surface area contributed by atoms with E-state index in [1.54, 1.807) is 26.1 Å². The Hall–Kier alpha value is -3.07. The van der Waals surface area contributed by atoms with E-state index in [2.05, 4.69) is 58.4 Å². The molecule has 1 heterocycles. The molecule has 1 aromatic heterocycles. The molecule has 1 amide bonds. The number of hydrogen-bond acceptors (Lipinski definition) is 7. The van der Waals surface area contributed by atoms with Crippen LogP contribution in [0.4, 0.5) is 0 Å². The van der Waals surface area contributed by atoms with Gasteiger partial charge in [-0.05, 0) is 143 Å². The van der Waals surface area contributed by atoms with E-state index in [1.165, 1.54) is 5.57 Å². The Morgan fingerprint density at radius 1 is 0.911 bits per heavy atom. The Morgan fingerprint density at radius 3 is 2.25 bits per heavy atom. The van der Waals surface area contributed by atoms with E-state index < -0.39 is 17.4 Å². The number of carboxylic acids is 1. The summed E-state index contributed by atoms with van der Waals surface area (Å²) >= 11 is 0. The van der Waals surface area contributed by atoms with Gasteiger partial charge in [0, 0.05) is 43.1 Å². The number of aliphatic carboxylic acids is 1. The minimum Gasteiger partial charge on any atom is -0.481 e. The smallest absolute Gasteiger partial charge is 0.309 e. The van der Waals surface area contributed by atoms with Crippen molar-refractivity contribution in [3.8, 4) is 0 Å². The molecule has 4 saturated carbocycles. The van der Waals surface area contributed by atoms with Crippen LogP contribution in [0.2, 0.25) is 0 Å². The molecule has 1 N–H and O–H groups in total. The standard InChI is InChI=1S/C47H71N3O6/c1-30(2)38-33(51)28-47(23-25-50(27-26-49(10)11)40(53)32-14-12-13-24-48-32)22-21-45(8)31(39(38)47)15-16-35-44(7)19-18-36(56-37(52)29-42(3,4)41(54)55)43(5,6)34(44)17-20-46(35,45)9/h12-14,24,30-31,34-36H,15-23,25-29H2,1-11H3,(H,54,55)/t31-,34?,35?,36+,44+,45-,46-,47-/m1/s1. The maximum Gasteiger partial charge on any atom is 0.309 e. The van der Waals surface area contributed by atoms with Gasteiger partial charge >= 0.3 is 11.9 Å². The Bertz CT molecular complexity index is 1730. The van der Waals surface area contributed by atoms with Gasteiger partial charge in [-0.25, -0.2) is 0 Å². The van der Waals surface area contributed by atoms with Crippen LogP contribution in [0.5, 0.6) is 0 Å². The highest BCUT2D eigenvalue weighted by atomic mass is 16.5. The van der Waals surface area contributed by atoms with Gasteiger partial charge in [-0.15, -0.1) is 0 Å². The van der Waals surface area contributed by atoms with E-state index in [4.69, 9.17) is 4.74 Å². The maximum absolute atomic E-state index is 14.3. The van der Waals surface area contributed by atoms with Crippen LogP contribution in [-0.4, -0.2) is 83.4 Å². The number of pyridine rings is 1. The molecule has 1 aromatic rings. The summed E-state index contributed by atoms with van der Waals surface area (Å²) in [5, 5.41) is 9.64. The highest BCUT2D eigenvalue weighted by Gasteiger charge is 2.70. The number of likely N-dealkylation sites (N-methyl/N-ethyl adjacent to an activating group) is 1. The van der Waals surface area contributed by atoms with Crippen LogP contribution in [0.3, 0.4) is 0 Å². The molecular formula is C47H71N3O6. The number of esters is 1. The molecule has 4 fully saturated rings. The SMILES string of the molecule is CC(C)C1=C2[C@H]3CCC4[C@@]5(C)CC[C@H](OC(=O)CC(C)(C)C(=O)O)C(C)(C)C5CC[C@@]4(C)[C@]3(C)CC[C@@]2(CCN(CCN(C)C)C(=O)c2ccccn2)CC1=O. The molecule has 9 nitrogen and oxygen atoms in total. The van der Waals surface area contributed by atoms with Crippen molar-refractivity contribution in [2.75, 3.05) is 33.7 Å². The van der Waals surface area contributed by atoms with Crippen molar-refractivity contribution in [3.63, 3.8) is 0 Å². The van der Waals surface area contributed by atoms with Crippen LogP contribution in [-0.2, 0) is 19.1 Å². The zero-order valence-corrected chi connectivity index (χ0v) is 36.4. The predicted octanol–water partition coefficient (Wildman–Crippen LogP) is 8.87. The normalized spacial score (nSPS) is 35.1. The molecule has 0 bridgehead atoms. The number of carbonyl (C=O) groups is 4. The molecule has 0 saturated heterocycles. The molecule has 2 unspecified atom stereocenters. The minimum absolute atomic E-state index is 0.0255. The summed E-state index contributed by atoms with van der Waals surface area (Å²) in [6.07, 6.45) is 10.8. The largest absolute Gasteiger partial charge is 0.481 e. The molecule has 8 atom stereocenters. The number of carbonyl (C=O) groups excluding carboxylic acids is 3. The maximum atomic E-state index is 14.3. The van der Waals surface area contributed by atoms with Gasteiger partial charge in [-0.3, -0.25) is 24.2 Å². The van der Waals surface area contributed by atoms with E-state index in [0.717, 1.165) is 69.9 Å². The lowest BCUT2D eigenvalue weighted by Gasteiger charge is -2.72. The fraction of sp³-hybridized carbons (Fsp3) is 0.766. The second-order valence-corrected chi connectivity index (χ2v) is 21.2. The fourth-order valence-corrected chi connectivity index (χ4v) is 13.5. The molecule has 5 aliphatic carbocycles. The molecular weight excluding hydrogens is 703 g/mol. The Balaban J connectivity index is 1.28. The second-order valence-electron chi connectivity index (χ2n) is 21.2. The van der Waals surface area contributed by atoms with Gasteiger partial charge in [0.1, 0.15) is 11.8 Å². The summed E-state index contributed by atoms with van der Waals surface area (Å²) in [6.45, 7) is 21.8. The van der Waals surface area contributed by atoms with Crippen LogP contribution in [0, 0.1) is 56.2 Å². The van der Waals surface area contributed by atoms with Gasteiger partial charge in [0.15, 0.2) is 5.78 Å². The predicted molar refractivity (Wildman–Crippen MR) is 219 cm³/mol. The van der Waals surface area contributed by atoms with Crippen molar-refractivity contribution in [2.24, 2.45) is 56.2 Å². The molecule has 56 heavy (non-hydrogen) atoms. The van der Waals surface area contributed by atoms with Gasteiger partial charge in [0.25, 0.3) is 5.91 Å². The summed E-state index contributed by atoms with van der Waals surface area (Å²) in [5.41, 5.74) is 1.52. The Morgan fingerprint density at radius 2 is 1.62 bits per heavy atom. The number of nitrogens with zero attached hydrogens (tertiary/aromatic N) is 3. The van der Waals surface area contributed by atoms with Crippen LogP contribution in [0.1, 0.15) is 143 Å². The monoisotopic (exact) mass is 774 g/mol. The summed E-state index contributed by atoms with van der Waals surface area (Å²) in [7, 11) is 4.07. The molecule has 0 radical (unpaired) electrons. The number of amides is 1. The van der Waals surface area contributed by atoms with Crippen LogP contribution in [0.25, 0.3) is 0 Å². The third-order valence-electron chi connectivity index (χ3n) is 16.8. The van der Waals surface area contributed by atoms with Crippen LogP contribution in [0.15, 0.2) is 35.5 Å². The summed E-state index contributed by atoms with van der Waals surface area (Å²) in [6, 6.07) is 5.51. The summed E-state index contributed by atoms with van der Waals surface area (Å²) in [4.78, 5) is 61.6. The third kappa shape index (κ3) is 6.97. The molecule has 0 aromatic carbocycles. The fourth-order valence-electron chi connectivity index (χ4n) is 13.5. The number of hydrogen-bond donors (Lipinski definition) is 1. The minimum atomic E-state index is -1.17. The number of aromatic nitrogens is 1. The van der Waals surface area contributed by atoms with Gasteiger partial charge in [-0.2, -0.15) is 0 Å². The lowest BCUT2D eigenvalue weighted by atomic mass is 9.33. The van der Waals surface area contributed by atoms with Crippen molar-refractivity contribution in [2.45, 2.75) is 139 Å². The van der Waals surface area contributed by atoms with Gasteiger partial charge in [0.05, 0.1) is 11.8 Å². The highest BCUT2D eigenvalue weighted by Crippen LogP contribution is 2.77. The first kappa shape index (κ1) is 42.5. The summed E-state index contributed by atoms with van der Waals surface area (Å²) < 4.78 is 6.19. The van der Waals surface area contributed by atoms with Gasteiger partial charge < -0.3 is 19.6 Å². The number of ether oxygens (including phenoxy) is 1. The average Bonchev–Trinajstić information content (AvgIpc) is 3.41. The van der Waals surface area contributed by atoms with E-state index in [0.29, 0.717) is 48.7 Å². The molecule has 310 valence electrons. The van der Waals surface area contributed by atoms with Gasteiger partial charge in [-0.1, -0.05) is 60.1 Å². The van der Waals surface area contributed by atoms with E-state index in [-0.39, 0.29) is 51.4 Å². The first-order valence-electron chi connectivity index (χ1n) is 21.6. The molecule has 6 rings (SSSR count). The topological polar surface area (TPSA) is 117 Å².